The molecule has 1 aromatic heterocycles. The third kappa shape index (κ3) is 2.15. The Morgan fingerprint density at radius 3 is 3.06 bits per heavy atom. The lowest BCUT2D eigenvalue weighted by atomic mass is 10.1. The van der Waals surface area contributed by atoms with Crippen molar-refractivity contribution in [2.24, 2.45) is 0 Å². The Morgan fingerprint density at radius 1 is 1.35 bits per heavy atom. The zero-order chi connectivity index (χ0) is 11.7. The fraction of sp³-hybridized carbons (Fsp3) is 0.462. The van der Waals surface area contributed by atoms with Gasteiger partial charge in [0.05, 0.1) is 23.7 Å². The van der Waals surface area contributed by atoms with Gasteiger partial charge in [0.25, 0.3) is 0 Å². The minimum Gasteiger partial charge on any atom is -0.376 e. The van der Waals surface area contributed by atoms with Crippen LogP contribution in [0.1, 0.15) is 19.3 Å². The molecule has 2 heterocycles. The third-order valence-corrected chi connectivity index (χ3v) is 3.66. The van der Waals surface area contributed by atoms with Crippen LogP contribution in [-0.4, -0.2) is 22.3 Å². The first-order valence-electron chi connectivity index (χ1n) is 6.14. The Morgan fingerprint density at radius 2 is 2.24 bits per heavy atom. The lowest BCUT2D eigenvalue weighted by Crippen LogP contribution is -2.24. The molecule has 3 nitrogen and oxygen atoms in total. The van der Waals surface area contributed by atoms with E-state index in [0.29, 0.717) is 6.10 Å². The van der Waals surface area contributed by atoms with E-state index in [1.165, 1.54) is 18.4 Å². The highest BCUT2D eigenvalue weighted by atomic mass is 32.1. The van der Waals surface area contributed by atoms with Crippen molar-refractivity contribution >= 4 is 23.3 Å². The van der Waals surface area contributed by atoms with Gasteiger partial charge in [-0.05, 0) is 43.6 Å². The predicted molar refractivity (Wildman–Crippen MR) is 70.7 cm³/mol. The maximum atomic E-state index is 5.77. The number of fused-ring (bicyclic) bond motifs is 1. The largest absolute Gasteiger partial charge is 0.376 e. The molecular weight excluding hydrogens is 232 g/mol. The van der Waals surface area contributed by atoms with Crippen LogP contribution < -0.4 is 0 Å². The van der Waals surface area contributed by atoms with Crippen molar-refractivity contribution in [3.8, 4) is 0 Å². The topological polar surface area (TPSA) is 29.9 Å². The maximum Gasteiger partial charge on any atom is 0.178 e. The first-order valence-corrected chi connectivity index (χ1v) is 6.54. The first kappa shape index (κ1) is 11.0. The zero-order valence-electron chi connectivity index (χ0n) is 9.69. The summed E-state index contributed by atoms with van der Waals surface area (Å²) in [5.74, 6) is 0. The predicted octanol–water partition coefficient (Wildman–Crippen LogP) is 3.27. The van der Waals surface area contributed by atoms with E-state index in [0.717, 1.165) is 29.9 Å². The molecule has 90 valence electrons. The van der Waals surface area contributed by atoms with Gasteiger partial charge in [0.1, 0.15) is 0 Å². The molecule has 1 fully saturated rings. The Hall–Kier alpha value is -1.13. The molecule has 0 bridgehead atoms. The SMILES string of the molecule is S=c1[nH]c2ccccc2n1CC1CCCCO1. The molecule has 1 N–H and O–H groups in total. The van der Waals surface area contributed by atoms with E-state index in [1.54, 1.807) is 0 Å². The number of benzene rings is 1. The molecular formula is C13H16N2OS. The average molecular weight is 248 g/mol. The second-order valence-electron chi connectivity index (χ2n) is 4.55. The van der Waals surface area contributed by atoms with Crippen LogP contribution in [0.2, 0.25) is 0 Å². The van der Waals surface area contributed by atoms with Crippen molar-refractivity contribution in [1.29, 1.82) is 0 Å². The lowest BCUT2D eigenvalue weighted by molar-refractivity contribution is 0.00641. The van der Waals surface area contributed by atoms with Crippen LogP contribution in [0, 0.1) is 4.77 Å². The fourth-order valence-corrected chi connectivity index (χ4v) is 2.73. The lowest BCUT2D eigenvalue weighted by Gasteiger charge is -2.23. The molecule has 1 aliphatic rings. The molecule has 4 heteroatoms. The van der Waals surface area contributed by atoms with Gasteiger partial charge in [0.2, 0.25) is 0 Å². The summed E-state index contributed by atoms with van der Waals surface area (Å²) in [4.78, 5) is 3.24. The van der Waals surface area contributed by atoms with Crippen LogP contribution in [0.4, 0.5) is 0 Å². The summed E-state index contributed by atoms with van der Waals surface area (Å²) in [5, 5.41) is 0. The number of hydrogen-bond acceptors (Lipinski definition) is 2. The van der Waals surface area contributed by atoms with Crippen LogP contribution in [0.5, 0.6) is 0 Å². The number of nitrogens with zero attached hydrogens (tertiary/aromatic N) is 1. The number of aromatic nitrogens is 2. The molecule has 0 amide bonds. The van der Waals surface area contributed by atoms with E-state index in [4.69, 9.17) is 17.0 Å². The Balaban J connectivity index is 1.93. The summed E-state index contributed by atoms with van der Waals surface area (Å²) in [6.45, 7) is 1.75. The highest BCUT2D eigenvalue weighted by Crippen LogP contribution is 2.19. The standard InChI is InChI=1S/C13H16N2OS/c17-13-14-11-6-1-2-7-12(11)15(13)9-10-5-3-4-8-16-10/h1-2,6-7,10H,3-5,8-9H2,(H,14,17). The molecule has 1 aliphatic heterocycles. The second-order valence-corrected chi connectivity index (χ2v) is 4.93. The summed E-state index contributed by atoms with van der Waals surface area (Å²) in [7, 11) is 0. The molecule has 0 saturated carbocycles. The molecule has 0 spiro atoms. The fourth-order valence-electron chi connectivity index (χ4n) is 2.44. The number of nitrogens with one attached hydrogen (secondary N) is 1. The van der Waals surface area contributed by atoms with E-state index in [1.807, 2.05) is 12.1 Å². The van der Waals surface area contributed by atoms with Gasteiger partial charge < -0.3 is 14.3 Å². The minimum absolute atomic E-state index is 0.314. The Bertz CT molecular complexity index is 566. The summed E-state index contributed by atoms with van der Waals surface area (Å²) >= 11 is 5.37. The molecule has 3 rings (SSSR count). The minimum atomic E-state index is 0.314. The monoisotopic (exact) mass is 248 g/mol. The summed E-state index contributed by atoms with van der Waals surface area (Å²) < 4.78 is 8.72. The van der Waals surface area contributed by atoms with E-state index < -0.39 is 0 Å². The zero-order valence-corrected chi connectivity index (χ0v) is 10.5. The molecule has 0 aliphatic carbocycles. The molecule has 1 unspecified atom stereocenters. The van der Waals surface area contributed by atoms with Crippen molar-refractivity contribution < 1.29 is 4.74 Å². The van der Waals surface area contributed by atoms with Gasteiger partial charge in [-0.1, -0.05) is 12.1 Å². The van der Waals surface area contributed by atoms with Crippen LogP contribution in [0.3, 0.4) is 0 Å². The smallest absolute Gasteiger partial charge is 0.178 e. The highest BCUT2D eigenvalue weighted by molar-refractivity contribution is 7.71. The normalized spacial score (nSPS) is 20.8. The van der Waals surface area contributed by atoms with Crippen molar-refractivity contribution in [3.05, 3.63) is 29.0 Å². The van der Waals surface area contributed by atoms with Crippen molar-refractivity contribution in [2.45, 2.75) is 31.9 Å². The van der Waals surface area contributed by atoms with Crippen LogP contribution >= 0.6 is 12.2 Å². The van der Waals surface area contributed by atoms with E-state index in [2.05, 4.69) is 21.7 Å². The third-order valence-electron chi connectivity index (χ3n) is 3.34. The molecule has 2 aromatic rings. The Labute approximate surface area is 105 Å². The van der Waals surface area contributed by atoms with Crippen molar-refractivity contribution in [1.82, 2.24) is 9.55 Å². The molecule has 17 heavy (non-hydrogen) atoms. The van der Waals surface area contributed by atoms with E-state index in [9.17, 15) is 0 Å². The molecule has 1 aromatic carbocycles. The summed E-state index contributed by atoms with van der Waals surface area (Å²) in [6.07, 6.45) is 3.91. The Kier molecular flexibility index (Phi) is 2.99. The number of H-pyrrole nitrogens is 1. The highest BCUT2D eigenvalue weighted by Gasteiger charge is 2.16. The number of ether oxygens (including phenoxy) is 1. The maximum absolute atomic E-state index is 5.77. The van der Waals surface area contributed by atoms with Crippen LogP contribution in [0.25, 0.3) is 11.0 Å². The number of aromatic amines is 1. The molecule has 0 radical (unpaired) electrons. The van der Waals surface area contributed by atoms with Crippen LogP contribution in [0.15, 0.2) is 24.3 Å². The molecule has 1 atom stereocenters. The molecule has 1 saturated heterocycles. The quantitative estimate of drug-likeness (QED) is 0.827. The van der Waals surface area contributed by atoms with Crippen molar-refractivity contribution in [3.63, 3.8) is 0 Å². The van der Waals surface area contributed by atoms with Gasteiger partial charge in [-0.2, -0.15) is 0 Å². The number of imidazole rings is 1. The van der Waals surface area contributed by atoms with Gasteiger partial charge >= 0.3 is 0 Å². The number of hydrogen-bond donors (Lipinski definition) is 1. The summed E-state index contributed by atoms with van der Waals surface area (Å²) in [5.41, 5.74) is 2.28. The van der Waals surface area contributed by atoms with E-state index in [-0.39, 0.29) is 0 Å². The van der Waals surface area contributed by atoms with Gasteiger partial charge in [-0.3, -0.25) is 0 Å². The summed E-state index contributed by atoms with van der Waals surface area (Å²) in [6, 6.07) is 8.23. The van der Waals surface area contributed by atoms with E-state index >= 15 is 0 Å². The first-order chi connectivity index (χ1) is 8.34. The second kappa shape index (κ2) is 4.63. The van der Waals surface area contributed by atoms with Gasteiger partial charge in [-0.25, -0.2) is 0 Å². The van der Waals surface area contributed by atoms with Gasteiger partial charge in [0.15, 0.2) is 4.77 Å². The number of para-hydroxylation sites is 2. The van der Waals surface area contributed by atoms with Crippen molar-refractivity contribution in [2.75, 3.05) is 6.61 Å². The van der Waals surface area contributed by atoms with Crippen LogP contribution in [-0.2, 0) is 11.3 Å². The number of rotatable bonds is 2. The average Bonchev–Trinajstić information content (AvgIpc) is 2.68. The van der Waals surface area contributed by atoms with Gasteiger partial charge in [-0.15, -0.1) is 0 Å². The van der Waals surface area contributed by atoms with Gasteiger partial charge in [0, 0.05) is 6.61 Å².